The van der Waals surface area contributed by atoms with E-state index in [1.807, 2.05) is 0 Å². The van der Waals surface area contributed by atoms with Crippen LogP contribution in [0.1, 0.15) is 46.5 Å². The molecule has 0 spiro atoms. The van der Waals surface area contributed by atoms with Crippen molar-refractivity contribution in [2.75, 3.05) is 0 Å². The Kier molecular flexibility index (Phi) is 3.00. The molecule has 2 aliphatic rings. The molecule has 1 N–H and O–H groups in total. The van der Waals surface area contributed by atoms with Crippen LogP contribution in [0.15, 0.2) is 23.8 Å². The summed E-state index contributed by atoms with van der Waals surface area (Å²) in [5.74, 6) is 1.28. The van der Waals surface area contributed by atoms with Crippen LogP contribution in [-0.2, 0) is 0 Å². The van der Waals surface area contributed by atoms with E-state index in [9.17, 15) is 5.11 Å². The monoisotopic (exact) mass is 220 g/mol. The van der Waals surface area contributed by atoms with Gasteiger partial charge in [-0.15, -0.1) is 0 Å². The van der Waals surface area contributed by atoms with Gasteiger partial charge in [-0.25, -0.2) is 0 Å². The maximum absolute atomic E-state index is 10.2. The van der Waals surface area contributed by atoms with Gasteiger partial charge in [0.05, 0.1) is 6.10 Å². The van der Waals surface area contributed by atoms with Gasteiger partial charge in [0.1, 0.15) is 0 Å². The third kappa shape index (κ3) is 1.98. The van der Waals surface area contributed by atoms with E-state index in [0.29, 0.717) is 17.3 Å². The Bertz CT molecular complexity index is 324. The molecule has 0 aromatic rings. The number of aliphatic hydroxyl groups excluding tert-OH is 1. The van der Waals surface area contributed by atoms with Crippen molar-refractivity contribution in [2.45, 2.75) is 52.6 Å². The molecule has 0 saturated heterocycles. The molecule has 1 heteroatoms. The van der Waals surface area contributed by atoms with E-state index >= 15 is 0 Å². The van der Waals surface area contributed by atoms with Crippen molar-refractivity contribution in [3.8, 4) is 0 Å². The second-order valence-corrected chi connectivity index (χ2v) is 6.30. The lowest BCUT2D eigenvalue weighted by Crippen LogP contribution is -2.46. The Hall–Kier alpha value is -0.560. The summed E-state index contributed by atoms with van der Waals surface area (Å²) in [7, 11) is 0. The van der Waals surface area contributed by atoms with Gasteiger partial charge in [0, 0.05) is 0 Å². The molecule has 2 aliphatic carbocycles. The average Bonchev–Trinajstić information content (AvgIpc) is 2.24. The van der Waals surface area contributed by atoms with Crippen molar-refractivity contribution < 1.29 is 5.11 Å². The summed E-state index contributed by atoms with van der Waals surface area (Å²) < 4.78 is 0. The first-order valence-electron chi connectivity index (χ1n) is 6.44. The summed E-state index contributed by atoms with van der Waals surface area (Å²) in [4.78, 5) is 0. The van der Waals surface area contributed by atoms with Gasteiger partial charge in [-0.2, -0.15) is 0 Å². The van der Waals surface area contributed by atoms with Crippen molar-refractivity contribution >= 4 is 0 Å². The van der Waals surface area contributed by atoms with Gasteiger partial charge in [-0.1, -0.05) is 32.1 Å². The molecule has 0 aromatic carbocycles. The summed E-state index contributed by atoms with van der Waals surface area (Å²) in [5, 5.41) is 10.2. The fourth-order valence-corrected chi connectivity index (χ4v) is 3.39. The highest BCUT2D eigenvalue weighted by molar-refractivity contribution is 5.18. The van der Waals surface area contributed by atoms with Crippen LogP contribution in [0.3, 0.4) is 0 Å². The number of allylic oxidation sites excluding steroid dienone is 2. The maximum atomic E-state index is 10.2. The molecule has 0 aliphatic heterocycles. The fourth-order valence-electron chi connectivity index (χ4n) is 3.39. The van der Waals surface area contributed by atoms with Crippen LogP contribution in [0.4, 0.5) is 0 Å². The number of fused-ring (bicyclic) bond motifs is 1. The van der Waals surface area contributed by atoms with Crippen molar-refractivity contribution in [1.29, 1.82) is 0 Å². The normalized spacial score (nSPS) is 41.9. The Morgan fingerprint density at radius 3 is 2.75 bits per heavy atom. The van der Waals surface area contributed by atoms with Crippen LogP contribution in [0.25, 0.3) is 0 Å². The zero-order valence-electron chi connectivity index (χ0n) is 10.8. The van der Waals surface area contributed by atoms with Crippen molar-refractivity contribution in [3.63, 3.8) is 0 Å². The molecule has 0 amide bonds. The largest absolute Gasteiger partial charge is 0.389 e. The van der Waals surface area contributed by atoms with Crippen molar-refractivity contribution in [2.24, 2.45) is 17.3 Å². The van der Waals surface area contributed by atoms with Gasteiger partial charge >= 0.3 is 0 Å². The third-order valence-electron chi connectivity index (χ3n) is 4.69. The van der Waals surface area contributed by atoms with Gasteiger partial charge in [0.25, 0.3) is 0 Å². The Morgan fingerprint density at radius 1 is 1.44 bits per heavy atom. The zero-order chi connectivity index (χ0) is 11.9. The minimum absolute atomic E-state index is 0.238. The Labute approximate surface area is 99.3 Å². The number of hydrogen-bond acceptors (Lipinski definition) is 1. The first-order chi connectivity index (χ1) is 7.42. The molecule has 1 nitrogen and oxygen atoms in total. The topological polar surface area (TPSA) is 20.2 Å². The van der Waals surface area contributed by atoms with E-state index < -0.39 is 0 Å². The highest BCUT2D eigenvalue weighted by Gasteiger charge is 2.48. The minimum atomic E-state index is -0.238. The summed E-state index contributed by atoms with van der Waals surface area (Å²) in [6, 6.07) is 0. The molecule has 1 fully saturated rings. The van der Waals surface area contributed by atoms with E-state index in [1.165, 1.54) is 12.0 Å². The Morgan fingerprint density at radius 2 is 2.12 bits per heavy atom. The highest BCUT2D eigenvalue weighted by atomic mass is 16.3. The van der Waals surface area contributed by atoms with Crippen molar-refractivity contribution in [1.82, 2.24) is 0 Å². The molecule has 3 atom stereocenters. The lowest BCUT2D eigenvalue weighted by molar-refractivity contribution is -0.0197. The van der Waals surface area contributed by atoms with E-state index in [-0.39, 0.29) is 6.10 Å². The zero-order valence-corrected chi connectivity index (χ0v) is 10.8. The molecule has 2 rings (SSSR count). The molecule has 90 valence electrons. The third-order valence-corrected chi connectivity index (χ3v) is 4.69. The molecular weight excluding hydrogens is 196 g/mol. The standard InChI is InChI=1S/C15H24O/c1-10-6-5-7-11(2)14(16)8-13-12(10)9-15(13,3)4/h7,12-14,16H,1,5-6,8-9H2,2-4H3/b11-7-/t12-,13-,14-/m1/s1. The first kappa shape index (κ1) is 11.9. The molecule has 0 radical (unpaired) electrons. The van der Waals surface area contributed by atoms with Crippen LogP contribution < -0.4 is 0 Å². The van der Waals surface area contributed by atoms with Crippen LogP contribution >= 0.6 is 0 Å². The Balaban J connectivity index is 2.19. The van der Waals surface area contributed by atoms with Crippen LogP contribution in [0, 0.1) is 17.3 Å². The molecule has 0 unspecified atom stereocenters. The number of hydrogen-bond donors (Lipinski definition) is 1. The molecule has 0 bridgehead atoms. The second-order valence-electron chi connectivity index (χ2n) is 6.30. The van der Waals surface area contributed by atoms with Gasteiger partial charge in [-0.3, -0.25) is 0 Å². The second kappa shape index (κ2) is 4.03. The molecule has 0 heterocycles. The minimum Gasteiger partial charge on any atom is -0.389 e. The molecule has 0 aromatic heterocycles. The quantitative estimate of drug-likeness (QED) is 0.617. The smallest absolute Gasteiger partial charge is 0.0750 e. The summed E-state index contributed by atoms with van der Waals surface area (Å²) in [6.07, 6.45) is 6.26. The van der Waals surface area contributed by atoms with E-state index in [1.54, 1.807) is 0 Å². The average molecular weight is 220 g/mol. The highest BCUT2D eigenvalue weighted by Crippen LogP contribution is 2.56. The maximum Gasteiger partial charge on any atom is 0.0750 e. The number of rotatable bonds is 0. The lowest BCUT2D eigenvalue weighted by atomic mass is 9.52. The summed E-state index contributed by atoms with van der Waals surface area (Å²) in [5.41, 5.74) is 2.94. The predicted octanol–water partition coefficient (Wildman–Crippen LogP) is 3.70. The van der Waals surface area contributed by atoms with Gasteiger partial charge in [-0.05, 0) is 55.4 Å². The van der Waals surface area contributed by atoms with Crippen LogP contribution in [-0.4, -0.2) is 11.2 Å². The van der Waals surface area contributed by atoms with E-state index in [4.69, 9.17) is 0 Å². The SMILES string of the molecule is C=C1CC/C=C(/C)[C@H](O)C[C@@H]2[C@@H]1CC2(C)C. The molecule has 16 heavy (non-hydrogen) atoms. The predicted molar refractivity (Wildman–Crippen MR) is 68.1 cm³/mol. The molecular formula is C15H24O. The van der Waals surface area contributed by atoms with Crippen LogP contribution in [0.5, 0.6) is 0 Å². The molecule has 1 saturated carbocycles. The van der Waals surface area contributed by atoms with Crippen LogP contribution in [0.2, 0.25) is 0 Å². The lowest BCUT2D eigenvalue weighted by Gasteiger charge is -2.53. The van der Waals surface area contributed by atoms with E-state index in [0.717, 1.165) is 24.8 Å². The summed E-state index contributed by atoms with van der Waals surface area (Å²) in [6.45, 7) is 10.9. The number of aliphatic hydroxyl groups is 1. The fraction of sp³-hybridized carbons (Fsp3) is 0.733. The first-order valence-corrected chi connectivity index (χ1v) is 6.44. The van der Waals surface area contributed by atoms with Gasteiger partial charge in [0.2, 0.25) is 0 Å². The van der Waals surface area contributed by atoms with Gasteiger partial charge < -0.3 is 5.11 Å². The summed E-state index contributed by atoms with van der Waals surface area (Å²) >= 11 is 0. The van der Waals surface area contributed by atoms with Crippen molar-refractivity contribution in [3.05, 3.63) is 23.8 Å². The van der Waals surface area contributed by atoms with Gasteiger partial charge in [0.15, 0.2) is 0 Å². The van der Waals surface area contributed by atoms with E-state index in [2.05, 4.69) is 33.4 Å².